The number of anilines is 1. The van der Waals surface area contributed by atoms with E-state index in [1.54, 1.807) is 42.7 Å². The number of fused-ring (bicyclic) bond motifs is 1. The van der Waals surface area contributed by atoms with E-state index in [1.807, 2.05) is 42.5 Å². The molecule has 0 atom stereocenters. The highest BCUT2D eigenvalue weighted by atomic mass is 16.5. The summed E-state index contributed by atoms with van der Waals surface area (Å²) in [7, 11) is 0. The number of benzene rings is 3. The average Bonchev–Trinajstić information content (AvgIpc) is 2.74. The Morgan fingerprint density at radius 3 is 2.32 bits per heavy atom. The van der Waals surface area contributed by atoms with Gasteiger partial charge in [0.1, 0.15) is 11.5 Å². The zero-order valence-electron chi connectivity index (χ0n) is 14.9. The van der Waals surface area contributed by atoms with Gasteiger partial charge in [0, 0.05) is 18.1 Å². The number of aromatic nitrogens is 2. The number of nitrogens with zero attached hydrogens (tertiary/aromatic N) is 2. The fraction of sp³-hybridized carbons (Fsp3) is 0.0455. The van der Waals surface area contributed by atoms with Gasteiger partial charge < -0.3 is 14.8 Å². The molecule has 0 saturated carbocycles. The molecule has 6 nitrogen and oxygen atoms in total. The number of amides is 1. The standard InChI is InChI=1S/C22H17N3O3/c26-21(15-27-20-9-6-16-4-1-2-5-17(16)14-20)25-18-7-10-19(11-8-18)28-22-23-12-3-13-24-22/h1-14H,15H2,(H,25,26). The zero-order chi connectivity index (χ0) is 19.2. The molecule has 6 heteroatoms. The largest absolute Gasteiger partial charge is 0.484 e. The Morgan fingerprint density at radius 1 is 0.821 bits per heavy atom. The Balaban J connectivity index is 1.31. The lowest BCUT2D eigenvalue weighted by Gasteiger charge is -2.09. The number of hydrogen-bond donors (Lipinski definition) is 1. The minimum absolute atomic E-state index is 0.0750. The molecule has 0 bridgehead atoms. The first kappa shape index (κ1) is 17.5. The van der Waals surface area contributed by atoms with Crippen molar-refractivity contribution in [1.82, 2.24) is 9.97 Å². The molecule has 0 aliphatic carbocycles. The second-order valence-electron chi connectivity index (χ2n) is 6.00. The second-order valence-corrected chi connectivity index (χ2v) is 6.00. The number of nitrogens with one attached hydrogen (secondary N) is 1. The smallest absolute Gasteiger partial charge is 0.321 e. The van der Waals surface area contributed by atoms with Crippen molar-refractivity contribution in [1.29, 1.82) is 0 Å². The van der Waals surface area contributed by atoms with Crippen LogP contribution in [-0.2, 0) is 4.79 Å². The van der Waals surface area contributed by atoms with Crippen molar-refractivity contribution in [3.63, 3.8) is 0 Å². The Morgan fingerprint density at radius 2 is 1.54 bits per heavy atom. The first-order chi connectivity index (χ1) is 13.8. The first-order valence-electron chi connectivity index (χ1n) is 8.73. The SMILES string of the molecule is O=C(COc1ccc2ccccc2c1)Nc1ccc(Oc2ncccn2)cc1. The maximum absolute atomic E-state index is 12.1. The van der Waals surface area contributed by atoms with E-state index >= 15 is 0 Å². The highest BCUT2D eigenvalue weighted by molar-refractivity contribution is 5.92. The molecule has 0 aliphatic rings. The number of hydrogen-bond acceptors (Lipinski definition) is 5. The fourth-order valence-corrected chi connectivity index (χ4v) is 2.65. The van der Waals surface area contributed by atoms with Gasteiger partial charge in [0.25, 0.3) is 5.91 Å². The van der Waals surface area contributed by atoms with E-state index in [-0.39, 0.29) is 18.5 Å². The Kier molecular flexibility index (Phi) is 5.11. The van der Waals surface area contributed by atoms with Gasteiger partial charge in [-0.05, 0) is 53.2 Å². The van der Waals surface area contributed by atoms with E-state index in [1.165, 1.54) is 0 Å². The highest BCUT2D eigenvalue weighted by Crippen LogP contribution is 2.21. The van der Waals surface area contributed by atoms with Crippen molar-refractivity contribution >= 4 is 22.4 Å². The molecular formula is C22H17N3O3. The van der Waals surface area contributed by atoms with Crippen LogP contribution in [0.4, 0.5) is 5.69 Å². The Labute approximate surface area is 161 Å². The molecule has 0 fully saturated rings. The molecule has 1 aromatic heterocycles. The molecule has 0 unspecified atom stereocenters. The molecule has 1 heterocycles. The molecule has 1 N–H and O–H groups in total. The Bertz CT molecular complexity index is 1080. The summed E-state index contributed by atoms with van der Waals surface area (Å²) in [6, 6.07) is 22.7. The van der Waals surface area contributed by atoms with Gasteiger partial charge in [0.05, 0.1) is 0 Å². The summed E-state index contributed by atoms with van der Waals surface area (Å²) >= 11 is 0. The lowest BCUT2D eigenvalue weighted by Crippen LogP contribution is -2.20. The van der Waals surface area contributed by atoms with Crippen LogP contribution in [-0.4, -0.2) is 22.5 Å². The van der Waals surface area contributed by atoms with Gasteiger partial charge in [-0.3, -0.25) is 4.79 Å². The summed E-state index contributed by atoms with van der Waals surface area (Å²) in [5, 5.41) is 4.98. The number of carbonyl (C=O) groups excluding carboxylic acids is 1. The fourth-order valence-electron chi connectivity index (χ4n) is 2.65. The molecule has 4 rings (SSSR count). The van der Waals surface area contributed by atoms with Crippen LogP contribution in [0.15, 0.2) is 85.2 Å². The summed E-state index contributed by atoms with van der Waals surface area (Å²) in [6.07, 6.45) is 3.21. The minimum Gasteiger partial charge on any atom is -0.484 e. The van der Waals surface area contributed by atoms with Gasteiger partial charge in [-0.25, -0.2) is 9.97 Å². The lowest BCUT2D eigenvalue weighted by atomic mass is 10.1. The van der Waals surface area contributed by atoms with Gasteiger partial charge >= 0.3 is 6.01 Å². The molecule has 0 spiro atoms. The van der Waals surface area contributed by atoms with Crippen LogP contribution in [0.25, 0.3) is 10.8 Å². The van der Waals surface area contributed by atoms with Crippen LogP contribution in [0.1, 0.15) is 0 Å². The number of rotatable bonds is 6. The van der Waals surface area contributed by atoms with Crippen LogP contribution in [0.2, 0.25) is 0 Å². The third-order valence-corrected chi connectivity index (χ3v) is 3.98. The van der Waals surface area contributed by atoms with Crippen LogP contribution < -0.4 is 14.8 Å². The number of carbonyl (C=O) groups is 1. The monoisotopic (exact) mass is 371 g/mol. The molecular weight excluding hydrogens is 354 g/mol. The molecule has 0 saturated heterocycles. The van der Waals surface area contributed by atoms with Crippen LogP contribution in [0, 0.1) is 0 Å². The van der Waals surface area contributed by atoms with E-state index in [2.05, 4.69) is 15.3 Å². The van der Waals surface area contributed by atoms with Crippen LogP contribution in [0.3, 0.4) is 0 Å². The topological polar surface area (TPSA) is 73.3 Å². The van der Waals surface area contributed by atoms with E-state index < -0.39 is 0 Å². The molecule has 3 aromatic carbocycles. The lowest BCUT2D eigenvalue weighted by molar-refractivity contribution is -0.118. The first-order valence-corrected chi connectivity index (χ1v) is 8.73. The summed E-state index contributed by atoms with van der Waals surface area (Å²) < 4.78 is 11.1. The van der Waals surface area contributed by atoms with Gasteiger partial charge in [-0.2, -0.15) is 0 Å². The van der Waals surface area contributed by atoms with E-state index in [0.717, 1.165) is 10.8 Å². The van der Waals surface area contributed by atoms with Gasteiger partial charge in [0.2, 0.25) is 0 Å². The van der Waals surface area contributed by atoms with Crippen molar-refractivity contribution < 1.29 is 14.3 Å². The van der Waals surface area contributed by atoms with E-state index in [4.69, 9.17) is 9.47 Å². The molecule has 4 aromatic rings. The maximum atomic E-state index is 12.1. The molecule has 0 aliphatic heterocycles. The quantitative estimate of drug-likeness (QED) is 0.542. The Hall–Kier alpha value is -3.93. The van der Waals surface area contributed by atoms with Gasteiger partial charge in [-0.1, -0.05) is 30.3 Å². The van der Waals surface area contributed by atoms with Crippen molar-refractivity contribution in [3.8, 4) is 17.5 Å². The average molecular weight is 371 g/mol. The summed E-state index contributed by atoms with van der Waals surface area (Å²) in [5.74, 6) is 0.991. The minimum atomic E-state index is -0.242. The third-order valence-electron chi connectivity index (χ3n) is 3.98. The van der Waals surface area contributed by atoms with Crippen LogP contribution in [0.5, 0.6) is 17.5 Å². The van der Waals surface area contributed by atoms with Crippen molar-refractivity contribution in [2.24, 2.45) is 0 Å². The molecule has 1 amide bonds. The predicted octanol–water partition coefficient (Wildman–Crippen LogP) is 4.44. The zero-order valence-corrected chi connectivity index (χ0v) is 14.9. The summed E-state index contributed by atoms with van der Waals surface area (Å²) in [4.78, 5) is 20.1. The highest BCUT2D eigenvalue weighted by Gasteiger charge is 2.06. The van der Waals surface area contributed by atoms with Crippen molar-refractivity contribution in [2.45, 2.75) is 0 Å². The summed E-state index contributed by atoms with van der Waals surface area (Å²) in [5.41, 5.74) is 0.647. The second kappa shape index (κ2) is 8.18. The predicted molar refractivity (Wildman–Crippen MR) is 107 cm³/mol. The van der Waals surface area contributed by atoms with Crippen molar-refractivity contribution in [3.05, 3.63) is 85.2 Å². The van der Waals surface area contributed by atoms with Crippen molar-refractivity contribution in [2.75, 3.05) is 11.9 Å². The maximum Gasteiger partial charge on any atom is 0.321 e. The van der Waals surface area contributed by atoms with E-state index in [9.17, 15) is 4.79 Å². The van der Waals surface area contributed by atoms with Gasteiger partial charge in [0.15, 0.2) is 6.61 Å². The molecule has 28 heavy (non-hydrogen) atoms. The molecule has 0 radical (unpaired) electrons. The molecule has 138 valence electrons. The third kappa shape index (κ3) is 4.42. The van der Waals surface area contributed by atoms with E-state index in [0.29, 0.717) is 17.2 Å². The van der Waals surface area contributed by atoms with Gasteiger partial charge in [-0.15, -0.1) is 0 Å². The number of ether oxygens (including phenoxy) is 2. The summed E-state index contributed by atoms with van der Waals surface area (Å²) in [6.45, 7) is -0.0750. The normalized spacial score (nSPS) is 10.4. The van der Waals surface area contributed by atoms with Crippen LogP contribution >= 0.6 is 0 Å².